The summed E-state index contributed by atoms with van der Waals surface area (Å²) in [6, 6.07) is 27.8. The summed E-state index contributed by atoms with van der Waals surface area (Å²) in [5.74, 6) is 0.534. The lowest BCUT2D eigenvalue weighted by atomic mass is 9.90. The van der Waals surface area contributed by atoms with E-state index in [1.807, 2.05) is 84.9 Å². The Labute approximate surface area is 240 Å². The van der Waals surface area contributed by atoms with Gasteiger partial charge in [0.25, 0.3) is 0 Å². The van der Waals surface area contributed by atoms with Gasteiger partial charge in [0.05, 0.1) is 6.04 Å². The largest absolute Gasteiger partial charge is 0.507 e. The second-order valence-corrected chi connectivity index (χ2v) is 11.5. The minimum absolute atomic E-state index is 0.0881. The van der Waals surface area contributed by atoms with Crippen LogP contribution >= 0.6 is 31.9 Å². The lowest BCUT2D eigenvalue weighted by Crippen LogP contribution is -2.40. The molecule has 0 bridgehead atoms. The predicted octanol–water partition coefficient (Wildman–Crippen LogP) is 8.48. The maximum atomic E-state index is 11.1. The van der Waals surface area contributed by atoms with Gasteiger partial charge in [0.1, 0.15) is 11.5 Å². The number of hydrogen-bond donors (Lipinski definition) is 3. The van der Waals surface area contributed by atoms with E-state index in [1.54, 1.807) is 6.21 Å². The van der Waals surface area contributed by atoms with Gasteiger partial charge in [-0.25, -0.2) is 0 Å². The van der Waals surface area contributed by atoms with Crippen molar-refractivity contribution in [2.75, 3.05) is 0 Å². The van der Waals surface area contributed by atoms with E-state index in [-0.39, 0.29) is 17.8 Å². The van der Waals surface area contributed by atoms with Crippen molar-refractivity contribution >= 4 is 38.1 Å². The summed E-state index contributed by atoms with van der Waals surface area (Å²) >= 11 is 7.21. The molecule has 6 heteroatoms. The first-order valence-corrected chi connectivity index (χ1v) is 14.5. The van der Waals surface area contributed by atoms with E-state index in [1.165, 1.54) is 0 Å². The number of nitrogens with zero attached hydrogens (tertiary/aromatic N) is 1. The number of phenolic OH excluding ortho intramolecular Hbond substituents is 2. The highest BCUT2D eigenvalue weighted by atomic mass is 79.9. The number of halogens is 2. The lowest BCUT2D eigenvalue weighted by Gasteiger charge is -2.30. The number of nitrogens with one attached hydrogen (secondary N) is 1. The van der Waals surface area contributed by atoms with E-state index >= 15 is 0 Å². The molecular weight excluding hydrogens is 604 g/mol. The van der Waals surface area contributed by atoms with Gasteiger partial charge < -0.3 is 15.5 Å². The first-order chi connectivity index (χ1) is 18.5. The third-order valence-electron chi connectivity index (χ3n) is 7.12. The van der Waals surface area contributed by atoms with Crippen LogP contribution in [0.5, 0.6) is 11.5 Å². The Balaban J connectivity index is 1.35. The molecule has 4 aromatic rings. The second kappa shape index (κ2) is 12.3. The molecule has 0 aliphatic heterocycles. The Morgan fingerprint density at radius 1 is 0.763 bits per heavy atom. The van der Waals surface area contributed by atoms with Crippen molar-refractivity contribution in [2.45, 2.75) is 44.3 Å². The molecule has 1 aliphatic carbocycles. The van der Waals surface area contributed by atoms with Gasteiger partial charge in [-0.05, 0) is 48.2 Å². The second-order valence-electron chi connectivity index (χ2n) is 9.70. The van der Waals surface area contributed by atoms with Crippen LogP contribution in [0.4, 0.5) is 0 Å². The van der Waals surface area contributed by atoms with Crippen molar-refractivity contribution in [2.24, 2.45) is 4.99 Å². The molecule has 0 spiro atoms. The minimum atomic E-state index is 0.0881. The molecule has 0 aromatic heterocycles. The molecular formula is C32H30Br2N2O2. The van der Waals surface area contributed by atoms with Crippen LogP contribution in [0, 0.1) is 0 Å². The summed E-state index contributed by atoms with van der Waals surface area (Å²) in [7, 11) is 0. The third kappa shape index (κ3) is 6.20. The van der Waals surface area contributed by atoms with Crippen LogP contribution < -0.4 is 5.32 Å². The number of rotatable bonds is 7. The van der Waals surface area contributed by atoms with Crippen LogP contribution in [0.1, 0.15) is 36.8 Å². The molecule has 2 atom stereocenters. The van der Waals surface area contributed by atoms with Crippen molar-refractivity contribution < 1.29 is 10.2 Å². The van der Waals surface area contributed by atoms with E-state index in [9.17, 15) is 10.2 Å². The van der Waals surface area contributed by atoms with Crippen LogP contribution in [0.15, 0.2) is 98.9 Å². The van der Waals surface area contributed by atoms with Gasteiger partial charge in [0.2, 0.25) is 0 Å². The highest BCUT2D eigenvalue weighted by Crippen LogP contribution is 2.37. The van der Waals surface area contributed by atoms with Crippen molar-refractivity contribution in [3.63, 3.8) is 0 Å². The first kappa shape index (κ1) is 26.7. The maximum Gasteiger partial charge on any atom is 0.132 e. The molecule has 3 N–H and O–H groups in total. The van der Waals surface area contributed by atoms with Crippen LogP contribution in [-0.4, -0.2) is 28.5 Å². The van der Waals surface area contributed by atoms with Gasteiger partial charge in [-0.1, -0.05) is 105 Å². The molecule has 0 heterocycles. The fourth-order valence-corrected chi connectivity index (χ4v) is 6.11. The van der Waals surface area contributed by atoms with Crippen molar-refractivity contribution in [1.82, 2.24) is 5.32 Å². The normalized spacial score (nSPS) is 17.6. The highest BCUT2D eigenvalue weighted by Gasteiger charge is 2.24. The third-order valence-corrected chi connectivity index (χ3v) is 8.03. The van der Waals surface area contributed by atoms with Crippen LogP contribution in [0.2, 0.25) is 0 Å². The molecule has 0 radical (unpaired) electrons. The Kier molecular flexibility index (Phi) is 8.62. The highest BCUT2D eigenvalue weighted by molar-refractivity contribution is 9.10. The van der Waals surface area contributed by atoms with Gasteiger partial charge in [-0.15, -0.1) is 0 Å². The Morgan fingerprint density at radius 2 is 1.34 bits per heavy atom. The SMILES string of the molecule is Oc1c(C=N[C@@H]2CCCC[C@H]2NCc2cc(Br)cc(-c3ccccc3)c2O)cc(Br)cc1-c1ccccc1. The average Bonchev–Trinajstić information content (AvgIpc) is 2.95. The van der Waals surface area contributed by atoms with Gasteiger partial charge in [-0.2, -0.15) is 0 Å². The van der Waals surface area contributed by atoms with Gasteiger partial charge >= 0.3 is 0 Å². The maximum absolute atomic E-state index is 11.1. The van der Waals surface area contributed by atoms with Crippen LogP contribution in [-0.2, 0) is 6.54 Å². The molecule has 0 unspecified atom stereocenters. The molecule has 1 fully saturated rings. The predicted molar refractivity (Wildman–Crippen MR) is 163 cm³/mol. The molecule has 4 nitrogen and oxygen atoms in total. The van der Waals surface area contributed by atoms with Crippen molar-refractivity contribution in [3.05, 3.63) is 105 Å². The Hall–Kier alpha value is -2.93. The fourth-order valence-electron chi connectivity index (χ4n) is 5.13. The summed E-state index contributed by atoms with van der Waals surface area (Å²) in [6.07, 6.45) is 6.07. The van der Waals surface area contributed by atoms with E-state index in [0.717, 1.165) is 62.4 Å². The van der Waals surface area contributed by atoms with E-state index in [4.69, 9.17) is 4.99 Å². The van der Waals surface area contributed by atoms with Crippen LogP contribution in [0.25, 0.3) is 22.3 Å². The zero-order valence-electron chi connectivity index (χ0n) is 20.9. The monoisotopic (exact) mass is 632 g/mol. The molecule has 0 saturated heterocycles. The van der Waals surface area contributed by atoms with Crippen molar-refractivity contribution in [3.8, 4) is 33.8 Å². The standard InChI is InChI=1S/C32H30Br2N2O2/c33-25-15-23(31(37)27(17-25)21-9-3-1-4-10-21)19-35-29-13-7-8-14-30(29)36-20-24-16-26(34)18-28(32(24)38)22-11-5-2-6-12-22/h1-6,9-12,15-19,29-30,36-38H,7-8,13-14,20H2/t29-,30-/m1/s1. The first-order valence-electron chi connectivity index (χ1n) is 12.9. The molecule has 1 saturated carbocycles. The molecule has 38 heavy (non-hydrogen) atoms. The zero-order chi connectivity index (χ0) is 26.5. The topological polar surface area (TPSA) is 64.9 Å². The number of aromatic hydroxyl groups is 2. The molecule has 5 rings (SSSR count). The molecule has 1 aliphatic rings. The quantitative estimate of drug-likeness (QED) is 0.179. The van der Waals surface area contributed by atoms with Crippen molar-refractivity contribution in [1.29, 1.82) is 0 Å². The molecule has 0 amide bonds. The van der Waals surface area contributed by atoms with Gasteiger partial charge in [-0.3, -0.25) is 4.99 Å². The number of hydrogen-bond acceptors (Lipinski definition) is 4. The summed E-state index contributed by atoms with van der Waals surface area (Å²) in [5, 5.41) is 25.8. The number of aliphatic imine (C=N–C) groups is 1. The zero-order valence-corrected chi connectivity index (χ0v) is 24.1. The molecule has 194 valence electrons. The van der Waals surface area contributed by atoms with E-state index < -0.39 is 0 Å². The number of benzene rings is 4. The summed E-state index contributed by atoms with van der Waals surface area (Å²) in [4.78, 5) is 4.95. The summed E-state index contributed by atoms with van der Waals surface area (Å²) < 4.78 is 1.83. The van der Waals surface area contributed by atoms with E-state index in [2.05, 4.69) is 37.2 Å². The minimum Gasteiger partial charge on any atom is -0.507 e. The van der Waals surface area contributed by atoms with Crippen LogP contribution in [0.3, 0.4) is 0 Å². The number of phenols is 2. The summed E-state index contributed by atoms with van der Waals surface area (Å²) in [6.45, 7) is 0.544. The van der Waals surface area contributed by atoms with Gasteiger partial charge in [0.15, 0.2) is 0 Å². The Bertz CT molecular complexity index is 1420. The summed E-state index contributed by atoms with van der Waals surface area (Å²) in [5.41, 5.74) is 5.08. The fraction of sp³-hybridized carbons (Fsp3) is 0.219. The Morgan fingerprint density at radius 3 is 2.00 bits per heavy atom. The molecule has 4 aromatic carbocycles. The van der Waals surface area contributed by atoms with E-state index in [0.29, 0.717) is 17.9 Å². The van der Waals surface area contributed by atoms with Gasteiger partial charge in [0, 0.05) is 50.0 Å². The average molecular weight is 634 g/mol. The lowest BCUT2D eigenvalue weighted by molar-refractivity contribution is 0.327. The smallest absolute Gasteiger partial charge is 0.132 e.